The molecule has 1 saturated carbocycles. The molecule has 0 atom stereocenters. The minimum atomic E-state index is -3.18. The zero-order valence-corrected chi connectivity index (χ0v) is 10.8. The monoisotopic (exact) mass is 228 g/mol. The van der Waals surface area contributed by atoms with Crippen LogP contribution < -0.4 is 0 Å². The smallest absolute Gasteiger partial charge is 0.183 e. The van der Waals surface area contributed by atoms with Gasteiger partial charge in [-0.3, -0.25) is 0 Å². The highest BCUT2D eigenvalue weighted by atomic mass is 32.2. The summed E-state index contributed by atoms with van der Waals surface area (Å²) in [6, 6.07) is 0. The van der Waals surface area contributed by atoms with Crippen LogP contribution in [-0.2, 0) is 9.84 Å². The second-order valence-corrected chi connectivity index (χ2v) is 7.10. The van der Waals surface area contributed by atoms with Crippen LogP contribution in [0.1, 0.15) is 40.5 Å². The molecule has 2 nitrogen and oxygen atoms in total. The molecule has 1 aliphatic rings. The van der Waals surface area contributed by atoms with Gasteiger partial charge in [0.15, 0.2) is 9.84 Å². The quantitative estimate of drug-likeness (QED) is 0.693. The fourth-order valence-corrected chi connectivity index (χ4v) is 3.71. The molecule has 0 saturated heterocycles. The Morgan fingerprint density at radius 3 is 2.13 bits per heavy atom. The molecule has 0 unspecified atom stereocenters. The van der Waals surface area contributed by atoms with Crippen LogP contribution >= 0.6 is 0 Å². The van der Waals surface area contributed by atoms with Crippen LogP contribution in [0, 0.1) is 5.92 Å². The number of rotatable bonds is 4. The lowest BCUT2D eigenvalue weighted by Gasteiger charge is -2.25. The van der Waals surface area contributed by atoms with E-state index >= 15 is 0 Å². The predicted octanol–water partition coefficient (Wildman–Crippen LogP) is 3.07. The molecular weight excluding hydrogens is 208 g/mol. The second kappa shape index (κ2) is 4.12. The number of sulfone groups is 1. The topological polar surface area (TPSA) is 34.1 Å². The minimum Gasteiger partial charge on any atom is -0.223 e. The van der Waals surface area contributed by atoms with Gasteiger partial charge < -0.3 is 0 Å². The second-order valence-electron chi connectivity index (χ2n) is 4.57. The van der Waals surface area contributed by atoms with Crippen LogP contribution in [0.25, 0.3) is 0 Å². The molecule has 0 aromatic carbocycles. The molecule has 0 aliphatic heterocycles. The van der Waals surface area contributed by atoms with E-state index in [9.17, 15) is 8.42 Å². The SMILES string of the molecule is C/C=C\C(=C/C)S(=O)(=O)C(C)(C)C1CC1. The van der Waals surface area contributed by atoms with Crippen molar-refractivity contribution < 1.29 is 8.42 Å². The van der Waals surface area contributed by atoms with Gasteiger partial charge >= 0.3 is 0 Å². The van der Waals surface area contributed by atoms with Gasteiger partial charge in [-0.1, -0.05) is 12.2 Å². The molecular formula is C12H20O2S. The van der Waals surface area contributed by atoms with Crippen molar-refractivity contribution in [1.29, 1.82) is 0 Å². The molecule has 0 heterocycles. The number of hydrogen-bond acceptors (Lipinski definition) is 2. The summed E-state index contributed by atoms with van der Waals surface area (Å²) in [4.78, 5) is 0.446. The lowest BCUT2D eigenvalue weighted by atomic mass is 10.1. The van der Waals surface area contributed by atoms with Gasteiger partial charge in [-0.25, -0.2) is 8.42 Å². The van der Waals surface area contributed by atoms with Crippen molar-refractivity contribution in [3.05, 3.63) is 23.1 Å². The van der Waals surface area contributed by atoms with Gasteiger partial charge in [0, 0.05) is 0 Å². The summed E-state index contributed by atoms with van der Waals surface area (Å²) in [7, 11) is -3.18. The van der Waals surface area contributed by atoms with Gasteiger partial charge in [-0.15, -0.1) is 0 Å². The average molecular weight is 228 g/mol. The van der Waals surface area contributed by atoms with Crippen molar-refractivity contribution in [3.8, 4) is 0 Å². The maximum absolute atomic E-state index is 12.3. The Morgan fingerprint density at radius 2 is 1.80 bits per heavy atom. The molecule has 86 valence electrons. The van der Waals surface area contributed by atoms with E-state index in [2.05, 4.69) is 0 Å². The first-order valence-electron chi connectivity index (χ1n) is 5.41. The van der Waals surface area contributed by atoms with E-state index in [-0.39, 0.29) is 0 Å². The molecule has 1 aliphatic carbocycles. The van der Waals surface area contributed by atoms with Crippen LogP contribution in [-0.4, -0.2) is 13.2 Å². The third-order valence-electron chi connectivity index (χ3n) is 3.18. The van der Waals surface area contributed by atoms with Crippen molar-refractivity contribution in [1.82, 2.24) is 0 Å². The lowest BCUT2D eigenvalue weighted by Crippen LogP contribution is -2.34. The Hall–Kier alpha value is -0.570. The Bertz CT molecular complexity index is 382. The summed E-state index contributed by atoms with van der Waals surface area (Å²) in [6.07, 6.45) is 7.22. The Kier molecular flexibility index (Phi) is 3.44. The molecule has 0 aromatic rings. The Balaban J connectivity index is 3.10. The number of hydrogen-bond donors (Lipinski definition) is 0. The van der Waals surface area contributed by atoms with Gasteiger partial charge in [-0.2, -0.15) is 0 Å². The van der Waals surface area contributed by atoms with Crippen molar-refractivity contribution in [2.75, 3.05) is 0 Å². The Labute approximate surface area is 93.0 Å². The summed E-state index contributed by atoms with van der Waals surface area (Å²) in [5, 5.41) is 0. The van der Waals surface area contributed by atoms with Gasteiger partial charge in [0.2, 0.25) is 0 Å². The largest absolute Gasteiger partial charge is 0.223 e. The number of allylic oxidation sites excluding steroid dienone is 3. The first-order chi connectivity index (χ1) is 6.87. The van der Waals surface area contributed by atoms with Crippen LogP contribution in [0.2, 0.25) is 0 Å². The fraction of sp³-hybridized carbons (Fsp3) is 0.667. The third-order valence-corrected chi connectivity index (χ3v) is 5.89. The molecule has 0 aromatic heterocycles. The molecule has 0 N–H and O–H groups in total. The van der Waals surface area contributed by atoms with Crippen LogP contribution in [0.3, 0.4) is 0 Å². The first kappa shape index (κ1) is 12.5. The highest BCUT2D eigenvalue weighted by Gasteiger charge is 2.48. The summed E-state index contributed by atoms with van der Waals surface area (Å²) >= 11 is 0. The van der Waals surface area contributed by atoms with Crippen LogP contribution in [0.5, 0.6) is 0 Å². The highest BCUT2D eigenvalue weighted by Crippen LogP contribution is 2.45. The summed E-state index contributed by atoms with van der Waals surface area (Å²) in [6.45, 7) is 7.29. The molecule has 1 fully saturated rings. The average Bonchev–Trinajstić information content (AvgIpc) is 2.96. The molecule has 0 spiro atoms. The normalized spacial score (nSPS) is 19.9. The van der Waals surface area contributed by atoms with E-state index in [0.29, 0.717) is 10.8 Å². The first-order valence-corrected chi connectivity index (χ1v) is 6.90. The predicted molar refractivity (Wildman–Crippen MR) is 64.3 cm³/mol. The van der Waals surface area contributed by atoms with E-state index in [0.717, 1.165) is 12.8 Å². The molecule has 1 rings (SSSR count). The van der Waals surface area contributed by atoms with Gasteiger partial charge in [0.25, 0.3) is 0 Å². The minimum absolute atomic E-state index is 0.336. The molecule has 3 heteroatoms. The maximum Gasteiger partial charge on any atom is 0.183 e. The van der Waals surface area contributed by atoms with Crippen molar-refractivity contribution in [2.24, 2.45) is 5.92 Å². The van der Waals surface area contributed by atoms with Crippen LogP contribution in [0.4, 0.5) is 0 Å². The summed E-state index contributed by atoms with van der Waals surface area (Å²) < 4.78 is 24.1. The van der Waals surface area contributed by atoms with Crippen LogP contribution in [0.15, 0.2) is 23.1 Å². The highest BCUT2D eigenvalue weighted by molar-refractivity contribution is 7.96. The molecule has 0 amide bonds. The third kappa shape index (κ3) is 2.17. The zero-order valence-electron chi connectivity index (χ0n) is 9.95. The van der Waals surface area contributed by atoms with Crippen molar-refractivity contribution in [2.45, 2.75) is 45.3 Å². The summed E-state index contributed by atoms with van der Waals surface area (Å²) in [5.74, 6) is 0.336. The van der Waals surface area contributed by atoms with E-state index in [1.807, 2.05) is 20.8 Å². The van der Waals surface area contributed by atoms with E-state index < -0.39 is 14.6 Å². The van der Waals surface area contributed by atoms with E-state index in [1.165, 1.54) is 0 Å². The van der Waals surface area contributed by atoms with E-state index in [1.54, 1.807) is 25.2 Å². The summed E-state index contributed by atoms with van der Waals surface area (Å²) in [5.41, 5.74) is 0. The molecule has 0 bridgehead atoms. The van der Waals surface area contributed by atoms with Crippen molar-refractivity contribution >= 4 is 9.84 Å². The maximum atomic E-state index is 12.3. The lowest BCUT2D eigenvalue weighted by molar-refractivity contribution is 0.522. The van der Waals surface area contributed by atoms with Gasteiger partial charge in [-0.05, 0) is 52.5 Å². The zero-order chi connectivity index (χ0) is 11.7. The standard InChI is InChI=1S/C12H20O2S/c1-5-7-11(6-2)15(13,14)12(3,4)10-8-9-10/h5-7,10H,8-9H2,1-4H3/b7-5-,11-6+. The van der Waals surface area contributed by atoms with Gasteiger partial charge in [0.1, 0.15) is 0 Å². The molecule has 15 heavy (non-hydrogen) atoms. The Morgan fingerprint density at radius 1 is 1.27 bits per heavy atom. The molecule has 0 radical (unpaired) electrons. The van der Waals surface area contributed by atoms with Gasteiger partial charge in [0.05, 0.1) is 9.65 Å². The fourth-order valence-electron chi connectivity index (χ4n) is 1.81. The van der Waals surface area contributed by atoms with E-state index in [4.69, 9.17) is 0 Å². The van der Waals surface area contributed by atoms with Crippen molar-refractivity contribution in [3.63, 3.8) is 0 Å².